The summed E-state index contributed by atoms with van der Waals surface area (Å²) in [5.41, 5.74) is 6.95. The van der Waals surface area contributed by atoms with Crippen LogP contribution in [0.2, 0.25) is 0 Å². The van der Waals surface area contributed by atoms with Crippen molar-refractivity contribution in [2.45, 2.75) is 12.8 Å². The highest BCUT2D eigenvalue weighted by atomic mass is 79.9. The van der Waals surface area contributed by atoms with E-state index in [9.17, 15) is 9.59 Å². The predicted molar refractivity (Wildman–Crippen MR) is 84.1 cm³/mol. The summed E-state index contributed by atoms with van der Waals surface area (Å²) in [5, 5.41) is 0. The third-order valence-electron chi connectivity index (χ3n) is 3.83. The fourth-order valence-electron chi connectivity index (χ4n) is 2.75. The Hall–Kier alpha value is -1.14. The largest absolute Gasteiger partial charge is 0.397 e. The minimum atomic E-state index is -0.220. The van der Waals surface area contributed by atoms with Crippen molar-refractivity contribution in [3.05, 3.63) is 33.2 Å². The number of hydrogen-bond acceptors (Lipinski definition) is 3. The minimum absolute atomic E-state index is 0.118. The third-order valence-corrected chi connectivity index (χ3v) is 5.14. The second-order valence-corrected chi connectivity index (χ2v) is 6.70. The van der Waals surface area contributed by atoms with Crippen molar-refractivity contribution in [2.75, 3.05) is 10.6 Å². The molecular weight excluding hydrogens is 388 g/mol. The molecule has 104 valence electrons. The van der Waals surface area contributed by atoms with E-state index in [0.29, 0.717) is 33.2 Å². The summed E-state index contributed by atoms with van der Waals surface area (Å²) in [5.74, 6) is -0.675. The summed E-state index contributed by atoms with van der Waals surface area (Å²) in [6.45, 7) is 0. The standard InChI is InChI=1S/C14H12Br2N2O2/c15-10-5-7(6-11(16)12(10)17)18-13(19)8-3-1-2-4-9(8)14(18)20/h1-2,5-6,8-9H,3-4,17H2/t8-,9-/m1/s1. The van der Waals surface area contributed by atoms with Crippen molar-refractivity contribution in [3.63, 3.8) is 0 Å². The fraction of sp³-hybridized carbons (Fsp3) is 0.286. The second kappa shape index (κ2) is 5.00. The molecule has 0 bridgehead atoms. The van der Waals surface area contributed by atoms with E-state index in [1.807, 2.05) is 12.2 Å². The van der Waals surface area contributed by atoms with Gasteiger partial charge in [0.1, 0.15) is 0 Å². The maximum atomic E-state index is 12.5. The zero-order chi connectivity index (χ0) is 14.4. The van der Waals surface area contributed by atoms with Crippen molar-refractivity contribution in [3.8, 4) is 0 Å². The summed E-state index contributed by atoms with van der Waals surface area (Å²) >= 11 is 6.69. The highest BCUT2D eigenvalue weighted by Gasteiger charge is 2.47. The van der Waals surface area contributed by atoms with E-state index >= 15 is 0 Å². The van der Waals surface area contributed by atoms with E-state index < -0.39 is 0 Å². The quantitative estimate of drug-likeness (QED) is 0.448. The van der Waals surface area contributed by atoms with Gasteiger partial charge in [-0.25, -0.2) is 4.90 Å². The molecule has 1 heterocycles. The van der Waals surface area contributed by atoms with Crippen LogP contribution in [0.1, 0.15) is 12.8 Å². The molecule has 6 heteroatoms. The highest BCUT2D eigenvalue weighted by molar-refractivity contribution is 9.11. The molecule has 1 saturated heterocycles. The first-order valence-corrected chi connectivity index (χ1v) is 7.86. The predicted octanol–water partition coefficient (Wildman–Crippen LogP) is 3.25. The average Bonchev–Trinajstić information content (AvgIpc) is 2.68. The van der Waals surface area contributed by atoms with Gasteiger partial charge in [0.2, 0.25) is 11.8 Å². The number of imide groups is 1. The minimum Gasteiger partial charge on any atom is -0.397 e. The Morgan fingerprint density at radius 2 is 1.45 bits per heavy atom. The van der Waals surface area contributed by atoms with Crippen LogP contribution >= 0.6 is 31.9 Å². The first kappa shape index (κ1) is 13.8. The summed E-state index contributed by atoms with van der Waals surface area (Å²) < 4.78 is 1.32. The maximum absolute atomic E-state index is 12.5. The molecule has 20 heavy (non-hydrogen) atoms. The van der Waals surface area contributed by atoms with Gasteiger partial charge in [0.25, 0.3) is 0 Å². The number of nitrogen functional groups attached to an aromatic ring is 1. The average molecular weight is 400 g/mol. The lowest BCUT2D eigenvalue weighted by Gasteiger charge is -2.16. The van der Waals surface area contributed by atoms with E-state index in [0.717, 1.165) is 0 Å². The number of anilines is 2. The lowest BCUT2D eigenvalue weighted by Crippen LogP contribution is -2.30. The van der Waals surface area contributed by atoms with Gasteiger partial charge in [-0.05, 0) is 56.8 Å². The van der Waals surface area contributed by atoms with Gasteiger partial charge in [0, 0.05) is 8.95 Å². The maximum Gasteiger partial charge on any atom is 0.238 e. The number of amides is 2. The number of halogens is 2. The van der Waals surface area contributed by atoms with Crippen LogP contribution < -0.4 is 10.6 Å². The van der Waals surface area contributed by atoms with Gasteiger partial charge in [-0.2, -0.15) is 0 Å². The summed E-state index contributed by atoms with van der Waals surface area (Å²) in [6, 6.07) is 3.42. The Morgan fingerprint density at radius 3 is 1.90 bits per heavy atom. The molecule has 4 nitrogen and oxygen atoms in total. The van der Waals surface area contributed by atoms with Gasteiger partial charge in [0.15, 0.2) is 0 Å². The number of nitrogens with zero attached hydrogens (tertiary/aromatic N) is 1. The smallest absolute Gasteiger partial charge is 0.238 e. The van der Waals surface area contributed by atoms with Crippen molar-refractivity contribution < 1.29 is 9.59 Å². The van der Waals surface area contributed by atoms with Crippen LogP contribution in [0, 0.1) is 11.8 Å². The number of nitrogens with two attached hydrogens (primary N) is 1. The molecule has 1 aliphatic heterocycles. The van der Waals surface area contributed by atoms with Gasteiger partial charge in [-0.1, -0.05) is 12.2 Å². The number of carbonyl (C=O) groups is 2. The molecule has 2 amide bonds. The van der Waals surface area contributed by atoms with Gasteiger partial charge < -0.3 is 5.73 Å². The molecule has 3 rings (SSSR count). The Kier molecular flexibility index (Phi) is 3.46. The Bertz CT molecular complexity index is 593. The number of allylic oxidation sites excluding steroid dienone is 2. The highest BCUT2D eigenvalue weighted by Crippen LogP contribution is 2.40. The molecule has 0 aromatic heterocycles. The van der Waals surface area contributed by atoms with Crippen LogP contribution in [0.3, 0.4) is 0 Å². The van der Waals surface area contributed by atoms with Gasteiger partial charge >= 0.3 is 0 Å². The molecule has 2 N–H and O–H groups in total. The van der Waals surface area contributed by atoms with Crippen LogP contribution in [0.15, 0.2) is 33.2 Å². The number of benzene rings is 1. The lowest BCUT2D eigenvalue weighted by molar-refractivity contribution is -0.122. The monoisotopic (exact) mass is 398 g/mol. The molecule has 1 aromatic carbocycles. The normalized spacial score (nSPS) is 25.2. The molecule has 1 aromatic rings. The van der Waals surface area contributed by atoms with Gasteiger partial charge in [0.05, 0.1) is 23.2 Å². The van der Waals surface area contributed by atoms with Crippen LogP contribution in [-0.2, 0) is 9.59 Å². The number of hydrogen-bond donors (Lipinski definition) is 1. The van der Waals surface area contributed by atoms with Crippen LogP contribution in [-0.4, -0.2) is 11.8 Å². The Morgan fingerprint density at radius 1 is 1.00 bits per heavy atom. The number of carbonyl (C=O) groups excluding carboxylic acids is 2. The summed E-state index contributed by atoms with van der Waals surface area (Å²) in [6.07, 6.45) is 5.24. The molecule has 1 aliphatic carbocycles. The first-order valence-electron chi connectivity index (χ1n) is 6.28. The molecule has 0 saturated carbocycles. The lowest BCUT2D eigenvalue weighted by atomic mass is 9.85. The van der Waals surface area contributed by atoms with E-state index in [1.54, 1.807) is 12.1 Å². The molecular formula is C14H12Br2N2O2. The van der Waals surface area contributed by atoms with Crippen LogP contribution in [0.5, 0.6) is 0 Å². The SMILES string of the molecule is Nc1c(Br)cc(N2C(=O)[C@@H]3CC=CC[C@H]3C2=O)cc1Br. The van der Waals surface area contributed by atoms with Crippen molar-refractivity contribution in [1.82, 2.24) is 0 Å². The van der Waals surface area contributed by atoms with Crippen LogP contribution in [0.25, 0.3) is 0 Å². The fourth-order valence-corrected chi connectivity index (χ4v) is 3.92. The number of rotatable bonds is 1. The summed E-state index contributed by atoms with van der Waals surface area (Å²) in [4.78, 5) is 26.2. The summed E-state index contributed by atoms with van der Waals surface area (Å²) in [7, 11) is 0. The molecule has 0 radical (unpaired) electrons. The molecule has 2 atom stereocenters. The third kappa shape index (κ3) is 2.02. The van der Waals surface area contributed by atoms with E-state index in [-0.39, 0.29) is 23.7 Å². The van der Waals surface area contributed by atoms with Crippen molar-refractivity contribution in [2.24, 2.45) is 11.8 Å². The second-order valence-electron chi connectivity index (χ2n) is 4.99. The molecule has 1 fully saturated rings. The first-order chi connectivity index (χ1) is 9.50. The van der Waals surface area contributed by atoms with Crippen molar-refractivity contribution in [1.29, 1.82) is 0 Å². The van der Waals surface area contributed by atoms with E-state index in [4.69, 9.17) is 5.73 Å². The molecule has 2 aliphatic rings. The Balaban J connectivity index is 2.03. The van der Waals surface area contributed by atoms with E-state index in [1.165, 1.54) is 4.90 Å². The Labute approximate surface area is 133 Å². The van der Waals surface area contributed by atoms with Gasteiger partial charge in [-0.15, -0.1) is 0 Å². The topological polar surface area (TPSA) is 63.4 Å². The van der Waals surface area contributed by atoms with Crippen LogP contribution in [0.4, 0.5) is 11.4 Å². The van der Waals surface area contributed by atoms with E-state index in [2.05, 4.69) is 31.9 Å². The van der Waals surface area contributed by atoms with Crippen molar-refractivity contribution >= 4 is 55.0 Å². The van der Waals surface area contributed by atoms with Gasteiger partial charge in [-0.3, -0.25) is 9.59 Å². The molecule has 0 spiro atoms. The molecule has 0 unspecified atom stereocenters. The zero-order valence-corrected chi connectivity index (χ0v) is 13.6. The zero-order valence-electron chi connectivity index (χ0n) is 10.5. The number of fused-ring (bicyclic) bond motifs is 1.